The normalized spacial score (nSPS) is 14.1. The zero-order chi connectivity index (χ0) is 12.9. The fourth-order valence-electron chi connectivity index (χ4n) is 1.49. The van der Waals surface area contributed by atoms with Gasteiger partial charge in [-0.05, 0) is 25.0 Å². The highest BCUT2D eigenvalue weighted by Gasteiger charge is 2.23. The Hall–Kier alpha value is -1.55. The standard InChI is InChI=1S/C13H20N2O2/c1-3-13(2,9-16)15-12(17)8-10-6-4-5-7-11(10)14/h4-7,16H,3,8-9,14H2,1-2H3,(H,15,17). The summed E-state index contributed by atoms with van der Waals surface area (Å²) in [5.41, 5.74) is 6.64. The van der Waals surface area contributed by atoms with Crippen LogP contribution in [0.25, 0.3) is 0 Å². The van der Waals surface area contributed by atoms with Crippen molar-refractivity contribution < 1.29 is 9.90 Å². The van der Waals surface area contributed by atoms with Crippen molar-refractivity contribution in [1.82, 2.24) is 5.32 Å². The van der Waals surface area contributed by atoms with E-state index in [1.54, 1.807) is 6.07 Å². The number of aliphatic hydroxyl groups is 1. The Labute approximate surface area is 102 Å². The Bertz CT molecular complexity index is 387. The second kappa shape index (κ2) is 5.68. The third-order valence-electron chi connectivity index (χ3n) is 2.98. The number of benzene rings is 1. The van der Waals surface area contributed by atoms with E-state index in [1.165, 1.54) is 0 Å². The molecule has 4 nitrogen and oxygen atoms in total. The van der Waals surface area contributed by atoms with Gasteiger partial charge in [0, 0.05) is 5.69 Å². The van der Waals surface area contributed by atoms with Gasteiger partial charge in [-0.2, -0.15) is 0 Å². The molecule has 17 heavy (non-hydrogen) atoms. The number of para-hydroxylation sites is 1. The van der Waals surface area contributed by atoms with Crippen molar-refractivity contribution in [3.05, 3.63) is 29.8 Å². The van der Waals surface area contributed by atoms with Crippen LogP contribution in [0.4, 0.5) is 5.69 Å². The van der Waals surface area contributed by atoms with E-state index in [1.807, 2.05) is 32.0 Å². The van der Waals surface area contributed by atoms with Crippen LogP contribution in [-0.4, -0.2) is 23.2 Å². The third kappa shape index (κ3) is 3.75. The van der Waals surface area contributed by atoms with Crippen molar-refractivity contribution in [1.29, 1.82) is 0 Å². The van der Waals surface area contributed by atoms with Gasteiger partial charge >= 0.3 is 0 Å². The maximum absolute atomic E-state index is 11.8. The number of nitrogens with two attached hydrogens (primary N) is 1. The molecule has 1 unspecified atom stereocenters. The molecule has 1 atom stereocenters. The van der Waals surface area contributed by atoms with Gasteiger partial charge in [-0.3, -0.25) is 4.79 Å². The fraction of sp³-hybridized carbons (Fsp3) is 0.462. The molecule has 0 bridgehead atoms. The molecule has 94 valence electrons. The van der Waals surface area contributed by atoms with Crippen molar-refractivity contribution >= 4 is 11.6 Å². The van der Waals surface area contributed by atoms with Crippen LogP contribution >= 0.6 is 0 Å². The summed E-state index contributed by atoms with van der Waals surface area (Å²) in [5, 5.41) is 12.0. The summed E-state index contributed by atoms with van der Waals surface area (Å²) in [5.74, 6) is -0.124. The Morgan fingerprint density at radius 2 is 2.12 bits per heavy atom. The first-order valence-electron chi connectivity index (χ1n) is 5.76. The smallest absolute Gasteiger partial charge is 0.224 e. The number of aliphatic hydroxyl groups excluding tert-OH is 1. The lowest BCUT2D eigenvalue weighted by molar-refractivity contribution is -0.122. The number of carbonyl (C=O) groups is 1. The molecule has 1 amide bonds. The predicted octanol–water partition coefficient (Wildman–Crippen LogP) is 1.09. The minimum atomic E-state index is -0.555. The average Bonchev–Trinajstić information content (AvgIpc) is 2.32. The first kappa shape index (κ1) is 13.5. The number of nitrogen functional groups attached to an aromatic ring is 1. The Morgan fingerprint density at radius 3 is 2.65 bits per heavy atom. The molecule has 0 aromatic heterocycles. The van der Waals surface area contributed by atoms with Crippen LogP contribution in [0.15, 0.2) is 24.3 Å². The lowest BCUT2D eigenvalue weighted by Gasteiger charge is -2.27. The maximum atomic E-state index is 11.8. The quantitative estimate of drug-likeness (QED) is 0.670. The molecule has 0 aliphatic rings. The molecule has 1 aromatic carbocycles. The van der Waals surface area contributed by atoms with E-state index in [2.05, 4.69) is 5.32 Å². The summed E-state index contributed by atoms with van der Waals surface area (Å²) in [6.45, 7) is 3.67. The van der Waals surface area contributed by atoms with Crippen LogP contribution in [0.2, 0.25) is 0 Å². The minimum absolute atomic E-state index is 0.0699. The lowest BCUT2D eigenvalue weighted by atomic mass is 9.99. The molecule has 1 aromatic rings. The lowest BCUT2D eigenvalue weighted by Crippen LogP contribution is -2.48. The number of carbonyl (C=O) groups excluding carboxylic acids is 1. The van der Waals surface area contributed by atoms with E-state index < -0.39 is 5.54 Å². The zero-order valence-electron chi connectivity index (χ0n) is 10.4. The van der Waals surface area contributed by atoms with Gasteiger partial charge in [-0.15, -0.1) is 0 Å². The highest BCUT2D eigenvalue weighted by molar-refractivity contribution is 5.80. The second-order valence-corrected chi connectivity index (χ2v) is 4.50. The van der Waals surface area contributed by atoms with E-state index in [0.717, 1.165) is 5.56 Å². The Balaban J connectivity index is 2.65. The molecule has 0 saturated heterocycles. The van der Waals surface area contributed by atoms with Crippen LogP contribution in [0.1, 0.15) is 25.8 Å². The van der Waals surface area contributed by atoms with Gasteiger partial charge in [0.05, 0.1) is 18.6 Å². The third-order valence-corrected chi connectivity index (χ3v) is 2.98. The summed E-state index contributed by atoms with van der Waals surface area (Å²) < 4.78 is 0. The number of amides is 1. The molecule has 0 fully saturated rings. The average molecular weight is 236 g/mol. The summed E-state index contributed by atoms with van der Waals surface area (Å²) >= 11 is 0. The Kier molecular flexibility index (Phi) is 4.52. The second-order valence-electron chi connectivity index (χ2n) is 4.50. The van der Waals surface area contributed by atoms with Crippen LogP contribution in [0, 0.1) is 0 Å². The molecular weight excluding hydrogens is 216 g/mol. The number of hydrogen-bond acceptors (Lipinski definition) is 3. The van der Waals surface area contributed by atoms with Gasteiger partial charge in [0.15, 0.2) is 0 Å². The van der Waals surface area contributed by atoms with Crippen LogP contribution < -0.4 is 11.1 Å². The van der Waals surface area contributed by atoms with Crippen LogP contribution in [0.3, 0.4) is 0 Å². The predicted molar refractivity (Wildman–Crippen MR) is 68.5 cm³/mol. The van der Waals surface area contributed by atoms with Crippen LogP contribution in [0.5, 0.6) is 0 Å². The number of anilines is 1. The van der Waals surface area contributed by atoms with Crippen molar-refractivity contribution in [2.75, 3.05) is 12.3 Å². The van der Waals surface area contributed by atoms with Gasteiger partial charge < -0.3 is 16.2 Å². The van der Waals surface area contributed by atoms with Crippen LogP contribution in [-0.2, 0) is 11.2 Å². The van der Waals surface area contributed by atoms with Crippen molar-refractivity contribution in [2.24, 2.45) is 0 Å². The van der Waals surface area contributed by atoms with E-state index in [-0.39, 0.29) is 18.9 Å². The van der Waals surface area contributed by atoms with Crippen molar-refractivity contribution in [3.63, 3.8) is 0 Å². The molecule has 0 heterocycles. The fourth-order valence-corrected chi connectivity index (χ4v) is 1.49. The van der Waals surface area contributed by atoms with Gasteiger partial charge in [0.1, 0.15) is 0 Å². The largest absolute Gasteiger partial charge is 0.398 e. The minimum Gasteiger partial charge on any atom is -0.398 e. The maximum Gasteiger partial charge on any atom is 0.224 e. The topological polar surface area (TPSA) is 75.3 Å². The molecule has 0 radical (unpaired) electrons. The number of nitrogens with one attached hydrogen (secondary N) is 1. The van der Waals surface area contributed by atoms with E-state index in [4.69, 9.17) is 5.73 Å². The van der Waals surface area contributed by atoms with Crippen molar-refractivity contribution in [3.8, 4) is 0 Å². The van der Waals surface area contributed by atoms with Gasteiger partial charge in [-0.1, -0.05) is 25.1 Å². The first-order valence-corrected chi connectivity index (χ1v) is 5.76. The molecule has 0 saturated carbocycles. The first-order chi connectivity index (χ1) is 8.00. The number of rotatable bonds is 5. The highest BCUT2D eigenvalue weighted by Crippen LogP contribution is 2.13. The molecule has 0 aliphatic carbocycles. The summed E-state index contributed by atoms with van der Waals surface area (Å²) in [6.07, 6.45) is 0.918. The molecular formula is C13H20N2O2. The zero-order valence-corrected chi connectivity index (χ0v) is 10.4. The van der Waals surface area contributed by atoms with E-state index >= 15 is 0 Å². The molecule has 1 rings (SSSR count). The molecule has 0 spiro atoms. The summed E-state index contributed by atoms with van der Waals surface area (Å²) in [7, 11) is 0. The summed E-state index contributed by atoms with van der Waals surface area (Å²) in [4.78, 5) is 11.8. The van der Waals surface area contributed by atoms with Gasteiger partial charge in [0.2, 0.25) is 5.91 Å². The molecule has 4 N–H and O–H groups in total. The van der Waals surface area contributed by atoms with E-state index in [0.29, 0.717) is 12.1 Å². The van der Waals surface area contributed by atoms with Gasteiger partial charge in [-0.25, -0.2) is 0 Å². The SMILES string of the molecule is CCC(C)(CO)NC(=O)Cc1ccccc1N. The molecule has 0 aliphatic heterocycles. The van der Waals surface area contributed by atoms with Gasteiger partial charge in [0.25, 0.3) is 0 Å². The highest BCUT2D eigenvalue weighted by atomic mass is 16.3. The summed E-state index contributed by atoms with van der Waals surface area (Å²) in [6, 6.07) is 7.29. The number of hydrogen-bond donors (Lipinski definition) is 3. The monoisotopic (exact) mass is 236 g/mol. The van der Waals surface area contributed by atoms with Crippen molar-refractivity contribution in [2.45, 2.75) is 32.2 Å². The molecule has 4 heteroatoms. The van der Waals surface area contributed by atoms with E-state index in [9.17, 15) is 9.90 Å². The Morgan fingerprint density at radius 1 is 1.47 bits per heavy atom.